The number of methoxy groups -OCH3 is 1. The molecule has 0 aliphatic heterocycles. The van der Waals surface area contributed by atoms with Gasteiger partial charge in [0.1, 0.15) is 5.75 Å². The van der Waals surface area contributed by atoms with Crippen molar-refractivity contribution in [1.29, 1.82) is 0 Å². The fourth-order valence-electron chi connectivity index (χ4n) is 2.44. The van der Waals surface area contributed by atoms with Crippen LogP contribution in [0, 0.1) is 59.6 Å². The molecule has 0 spiro atoms. The third-order valence-corrected chi connectivity index (χ3v) is 5.59. The Labute approximate surface area is 209 Å². The van der Waals surface area contributed by atoms with Gasteiger partial charge in [-0.1, -0.05) is 30.8 Å². The SMILES string of the molecule is COc1ccc(C)cc1N(C[C-]=O)S(=O)(=O)c1ccccc1.Fc1cc[c-]cc1.[Nd]. The van der Waals surface area contributed by atoms with Crippen molar-refractivity contribution < 1.29 is 63.2 Å². The first-order valence-corrected chi connectivity index (χ1v) is 10.0. The minimum absolute atomic E-state index is 0. The summed E-state index contributed by atoms with van der Waals surface area (Å²) >= 11 is 0. The van der Waals surface area contributed by atoms with Gasteiger partial charge in [-0.25, -0.2) is 19.1 Å². The van der Waals surface area contributed by atoms with Crippen molar-refractivity contribution in [3.8, 4) is 5.75 Å². The van der Waals surface area contributed by atoms with E-state index in [1.807, 2.05) is 6.92 Å². The van der Waals surface area contributed by atoms with E-state index in [9.17, 15) is 17.6 Å². The standard InChI is InChI=1S/C16H16NO4S.C6H4F.Nd/c1-13-8-9-16(21-2)15(12-13)17(10-11-18)22(19,20)14-6-4-3-5-7-14;7-6-4-2-1-3-5-6;/h3-9,12H,10H2,1-2H3;2-5H;/q2*-1;. The first-order chi connectivity index (χ1) is 13.9. The van der Waals surface area contributed by atoms with Crippen LogP contribution in [0.25, 0.3) is 0 Å². The molecule has 0 aliphatic rings. The smallest absolute Gasteiger partial charge is 0.262 e. The first-order valence-electron chi connectivity index (χ1n) is 8.59. The van der Waals surface area contributed by atoms with Gasteiger partial charge in [-0.15, -0.1) is 12.1 Å². The summed E-state index contributed by atoms with van der Waals surface area (Å²) < 4.78 is 43.7. The predicted octanol–water partition coefficient (Wildman–Crippen LogP) is 3.93. The van der Waals surface area contributed by atoms with Crippen LogP contribution in [-0.2, 0) is 14.8 Å². The molecule has 3 aromatic rings. The Hall–Kier alpha value is -1.84. The third kappa shape index (κ3) is 7.14. The maximum atomic E-state index is 12.8. The molecule has 156 valence electrons. The number of hydrogen-bond acceptors (Lipinski definition) is 4. The molecule has 0 aromatic heterocycles. The minimum atomic E-state index is -3.87. The minimum Gasteiger partial charge on any atom is -0.540 e. The van der Waals surface area contributed by atoms with Gasteiger partial charge in [0.05, 0.1) is 17.7 Å². The number of anilines is 1. The van der Waals surface area contributed by atoms with Crippen LogP contribution in [0.3, 0.4) is 0 Å². The molecular weight excluding hydrogens is 538 g/mol. The van der Waals surface area contributed by atoms with E-state index in [4.69, 9.17) is 4.74 Å². The zero-order valence-corrected chi connectivity index (χ0v) is 20.5. The van der Waals surface area contributed by atoms with Crippen LogP contribution in [0.1, 0.15) is 5.56 Å². The molecule has 0 aliphatic carbocycles. The Kier molecular flexibility index (Phi) is 11.1. The van der Waals surface area contributed by atoms with E-state index in [2.05, 4.69) is 6.07 Å². The Balaban J connectivity index is 0.000000477. The summed E-state index contributed by atoms with van der Waals surface area (Å²) in [7, 11) is -2.42. The van der Waals surface area contributed by atoms with Gasteiger partial charge in [0.25, 0.3) is 10.0 Å². The predicted molar refractivity (Wildman–Crippen MR) is 110 cm³/mol. The van der Waals surface area contributed by atoms with Crippen molar-refractivity contribution >= 4 is 22.0 Å². The van der Waals surface area contributed by atoms with Gasteiger partial charge in [0.2, 0.25) is 0 Å². The molecule has 0 saturated carbocycles. The second kappa shape index (κ2) is 12.8. The molecule has 0 atom stereocenters. The molecule has 0 radical (unpaired) electrons. The van der Waals surface area contributed by atoms with Gasteiger partial charge in [-0.2, -0.15) is 18.2 Å². The molecule has 0 N–H and O–H groups in total. The molecule has 0 bridgehead atoms. The molecule has 0 unspecified atom stereocenters. The average molecular weight is 558 g/mol. The van der Waals surface area contributed by atoms with Gasteiger partial charge in [0.15, 0.2) is 0 Å². The van der Waals surface area contributed by atoms with Crippen LogP contribution in [0.15, 0.2) is 77.7 Å². The van der Waals surface area contributed by atoms with Gasteiger partial charge in [0, 0.05) is 46.7 Å². The summed E-state index contributed by atoms with van der Waals surface area (Å²) in [5, 5.41) is 0. The zero-order valence-electron chi connectivity index (χ0n) is 16.5. The Morgan fingerprint density at radius 2 is 1.70 bits per heavy atom. The molecule has 3 rings (SSSR count). The van der Waals surface area contributed by atoms with Crippen LogP contribution in [0.4, 0.5) is 10.1 Å². The maximum absolute atomic E-state index is 12.8. The van der Waals surface area contributed by atoms with Gasteiger partial charge in [-0.05, 0) is 36.8 Å². The molecule has 0 amide bonds. The third-order valence-electron chi connectivity index (χ3n) is 3.82. The van der Waals surface area contributed by atoms with Gasteiger partial charge >= 0.3 is 0 Å². The quantitative estimate of drug-likeness (QED) is 0.431. The molecule has 0 saturated heterocycles. The molecule has 5 nitrogen and oxygen atoms in total. The zero-order chi connectivity index (χ0) is 21.3. The summed E-state index contributed by atoms with van der Waals surface area (Å²) in [6.45, 7) is 1.43. The normalized spacial score (nSPS) is 10.1. The van der Waals surface area contributed by atoms with E-state index in [1.54, 1.807) is 42.7 Å². The molecular formula is C22H20FNNdO4S-2. The summed E-state index contributed by atoms with van der Waals surface area (Å²) in [5.74, 6) is 0.166. The number of carbonyl (C=O) groups excluding carboxylic acids is 1. The fraction of sp³-hybridized carbons (Fsp3) is 0.136. The van der Waals surface area contributed by atoms with Crippen LogP contribution in [0.2, 0.25) is 0 Å². The number of sulfonamides is 1. The molecule has 30 heavy (non-hydrogen) atoms. The number of ether oxygens (including phenoxy) is 1. The van der Waals surface area contributed by atoms with Crippen molar-refractivity contribution in [3.05, 3.63) is 90.2 Å². The van der Waals surface area contributed by atoms with Crippen molar-refractivity contribution in [2.24, 2.45) is 0 Å². The van der Waals surface area contributed by atoms with E-state index >= 15 is 0 Å². The molecule has 3 aromatic carbocycles. The van der Waals surface area contributed by atoms with Gasteiger partial charge < -0.3 is 9.53 Å². The van der Waals surface area contributed by atoms with E-state index in [-0.39, 0.29) is 51.6 Å². The van der Waals surface area contributed by atoms with Gasteiger partial charge in [-0.3, -0.25) is 4.31 Å². The van der Waals surface area contributed by atoms with E-state index in [0.717, 1.165) is 9.87 Å². The Morgan fingerprint density at radius 1 is 1.07 bits per heavy atom. The van der Waals surface area contributed by atoms with Crippen molar-refractivity contribution in [3.63, 3.8) is 0 Å². The van der Waals surface area contributed by atoms with Crippen molar-refractivity contribution in [1.82, 2.24) is 0 Å². The number of benzene rings is 3. The summed E-state index contributed by atoms with van der Waals surface area (Å²) in [6.07, 6.45) is 1.65. The molecule has 0 heterocycles. The number of halogens is 1. The van der Waals surface area contributed by atoms with Crippen LogP contribution < -0.4 is 9.04 Å². The van der Waals surface area contributed by atoms with E-state index < -0.39 is 16.6 Å². The topological polar surface area (TPSA) is 63.7 Å². The second-order valence-electron chi connectivity index (χ2n) is 5.86. The number of rotatable bonds is 6. The fourth-order valence-corrected chi connectivity index (χ4v) is 3.82. The van der Waals surface area contributed by atoms with Crippen molar-refractivity contribution in [2.75, 3.05) is 18.0 Å². The molecule has 0 fully saturated rings. The van der Waals surface area contributed by atoms with Crippen LogP contribution in [-0.4, -0.2) is 28.4 Å². The summed E-state index contributed by atoms with van der Waals surface area (Å²) in [6, 6.07) is 21.6. The van der Waals surface area contributed by atoms with Crippen LogP contribution >= 0.6 is 0 Å². The van der Waals surface area contributed by atoms with E-state index in [0.29, 0.717) is 11.4 Å². The summed E-state index contributed by atoms with van der Waals surface area (Å²) in [4.78, 5) is 11.0. The number of aryl methyl sites for hydroxylation is 1. The average Bonchev–Trinajstić information content (AvgIpc) is 2.73. The Morgan fingerprint density at radius 3 is 2.20 bits per heavy atom. The van der Waals surface area contributed by atoms with Crippen molar-refractivity contribution in [2.45, 2.75) is 11.8 Å². The Bertz CT molecular complexity index is 1030. The number of hydrogen-bond donors (Lipinski definition) is 0. The summed E-state index contributed by atoms with van der Waals surface area (Å²) in [5.41, 5.74) is 1.17. The van der Waals surface area contributed by atoms with Crippen LogP contribution in [0.5, 0.6) is 5.75 Å². The maximum Gasteiger partial charge on any atom is 0.262 e. The largest absolute Gasteiger partial charge is 0.540 e. The van der Waals surface area contributed by atoms with E-state index in [1.165, 1.54) is 43.5 Å². The number of nitrogens with zero attached hydrogens (tertiary/aromatic N) is 1. The molecule has 8 heteroatoms. The second-order valence-corrected chi connectivity index (χ2v) is 7.72. The monoisotopic (exact) mass is 555 g/mol. The first kappa shape index (κ1) is 26.2.